The largest absolute Gasteiger partial charge is 0.466 e. The average Bonchev–Trinajstić information content (AvgIpc) is 3.21. The van der Waals surface area contributed by atoms with Gasteiger partial charge in [-0.05, 0) is 31.0 Å². The van der Waals surface area contributed by atoms with Gasteiger partial charge in [0.2, 0.25) is 5.91 Å². The van der Waals surface area contributed by atoms with Gasteiger partial charge in [-0.25, -0.2) is 4.79 Å². The standard InChI is InChI=1S/C19H23N3O5/c1-12-14(5-3-6-15(12)22-8-4-7-16(22)24)20-17-13(19(26)27-2)11-21(9-10-23)18(17)25/h3,5-6,20,23H,4,7-11H2,1-2H3. The molecule has 8 nitrogen and oxygen atoms in total. The van der Waals surface area contributed by atoms with Gasteiger partial charge in [-0.15, -0.1) is 0 Å². The fraction of sp³-hybridized carbons (Fsp3) is 0.421. The van der Waals surface area contributed by atoms with Crippen LogP contribution in [0.3, 0.4) is 0 Å². The predicted octanol–water partition coefficient (Wildman–Crippen LogP) is 0.795. The molecule has 2 aliphatic rings. The van der Waals surface area contributed by atoms with Crippen molar-refractivity contribution in [3.05, 3.63) is 35.0 Å². The Morgan fingerprint density at radius 1 is 1.33 bits per heavy atom. The normalized spacial score (nSPS) is 17.1. The van der Waals surface area contributed by atoms with E-state index in [2.05, 4.69) is 5.32 Å². The van der Waals surface area contributed by atoms with E-state index in [1.807, 2.05) is 13.0 Å². The van der Waals surface area contributed by atoms with E-state index in [0.29, 0.717) is 18.7 Å². The maximum atomic E-state index is 12.7. The molecule has 0 bridgehead atoms. The smallest absolute Gasteiger partial charge is 0.337 e. The maximum Gasteiger partial charge on any atom is 0.337 e. The number of carbonyl (C=O) groups excluding carboxylic acids is 3. The van der Waals surface area contributed by atoms with Crippen LogP contribution in [0, 0.1) is 6.92 Å². The van der Waals surface area contributed by atoms with Crippen LogP contribution in [0.15, 0.2) is 29.5 Å². The molecule has 0 aromatic heterocycles. The van der Waals surface area contributed by atoms with Crippen LogP contribution in [-0.4, -0.2) is 61.1 Å². The highest BCUT2D eigenvalue weighted by Gasteiger charge is 2.35. The fourth-order valence-corrected chi connectivity index (χ4v) is 3.44. The summed E-state index contributed by atoms with van der Waals surface area (Å²) >= 11 is 0. The van der Waals surface area contributed by atoms with Gasteiger partial charge in [-0.3, -0.25) is 9.59 Å². The number of aliphatic hydroxyl groups excluding tert-OH is 1. The minimum atomic E-state index is -0.588. The van der Waals surface area contributed by atoms with Crippen molar-refractivity contribution in [3.8, 4) is 0 Å². The second-order valence-corrected chi connectivity index (χ2v) is 6.52. The minimum Gasteiger partial charge on any atom is -0.466 e. The highest BCUT2D eigenvalue weighted by Crippen LogP contribution is 2.32. The zero-order valence-corrected chi connectivity index (χ0v) is 15.4. The molecule has 1 aromatic rings. The van der Waals surface area contributed by atoms with Gasteiger partial charge in [0.1, 0.15) is 5.70 Å². The molecule has 1 aromatic carbocycles. The highest BCUT2D eigenvalue weighted by atomic mass is 16.5. The van der Waals surface area contributed by atoms with Gasteiger partial charge in [0.05, 0.1) is 25.8 Å². The second kappa shape index (κ2) is 7.79. The van der Waals surface area contributed by atoms with Crippen LogP contribution in [0.25, 0.3) is 0 Å². The third-order valence-electron chi connectivity index (χ3n) is 4.88. The molecule has 0 saturated carbocycles. The quantitative estimate of drug-likeness (QED) is 0.716. The molecular weight excluding hydrogens is 350 g/mol. The average molecular weight is 373 g/mol. The van der Waals surface area contributed by atoms with Gasteiger partial charge >= 0.3 is 5.97 Å². The zero-order valence-electron chi connectivity index (χ0n) is 15.4. The van der Waals surface area contributed by atoms with Crippen LogP contribution in [0.4, 0.5) is 11.4 Å². The number of carbonyl (C=O) groups is 3. The topological polar surface area (TPSA) is 99.2 Å². The molecule has 0 atom stereocenters. The Balaban J connectivity index is 1.94. The number of β-amino-alcohol motifs (C(OH)–C–C–N with tert-alkyl or cyclic N) is 1. The molecule has 2 heterocycles. The first kappa shape index (κ1) is 18.9. The highest BCUT2D eigenvalue weighted by molar-refractivity contribution is 6.09. The van der Waals surface area contributed by atoms with Crippen molar-refractivity contribution in [2.45, 2.75) is 19.8 Å². The van der Waals surface area contributed by atoms with Crippen LogP contribution < -0.4 is 10.2 Å². The molecule has 1 saturated heterocycles. The van der Waals surface area contributed by atoms with Gasteiger partial charge in [0, 0.05) is 30.9 Å². The lowest BCUT2D eigenvalue weighted by atomic mass is 10.1. The summed E-state index contributed by atoms with van der Waals surface area (Å²) in [6.45, 7) is 2.55. The first-order valence-electron chi connectivity index (χ1n) is 8.86. The first-order chi connectivity index (χ1) is 13.0. The number of nitrogens with one attached hydrogen (secondary N) is 1. The van der Waals surface area contributed by atoms with Crippen molar-refractivity contribution in [1.29, 1.82) is 0 Å². The summed E-state index contributed by atoms with van der Waals surface area (Å²) in [5, 5.41) is 12.2. The molecule has 0 unspecified atom stereocenters. The van der Waals surface area contributed by atoms with Crippen LogP contribution in [0.1, 0.15) is 18.4 Å². The second-order valence-electron chi connectivity index (χ2n) is 6.52. The van der Waals surface area contributed by atoms with E-state index in [-0.39, 0.29) is 42.8 Å². The van der Waals surface area contributed by atoms with Crippen molar-refractivity contribution in [3.63, 3.8) is 0 Å². The fourth-order valence-electron chi connectivity index (χ4n) is 3.44. The maximum absolute atomic E-state index is 12.7. The summed E-state index contributed by atoms with van der Waals surface area (Å²) < 4.78 is 4.80. The molecule has 144 valence electrons. The number of anilines is 2. The van der Waals surface area contributed by atoms with Crippen molar-refractivity contribution in [2.75, 3.05) is 43.6 Å². The van der Waals surface area contributed by atoms with E-state index < -0.39 is 5.97 Å². The number of aliphatic hydroxyl groups is 1. The van der Waals surface area contributed by atoms with Crippen LogP contribution in [0.5, 0.6) is 0 Å². The Kier molecular flexibility index (Phi) is 5.46. The summed E-state index contributed by atoms with van der Waals surface area (Å²) in [5.41, 5.74) is 2.61. The molecule has 2 amide bonds. The molecule has 1 fully saturated rings. The van der Waals surface area contributed by atoms with Gasteiger partial charge in [0.15, 0.2) is 0 Å². The number of hydrogen-bond donors (Lipinski definition) is 2. The minimum absolute atomic E-state index is 0.0794. The van der Waals surface area contributed by atoms with Gasteiger partial charge in [0.25, 0.3) is 5.91 Å². The zero-order chi connectivity index (χ0) is 19.6. The van der Waals surface area contributed by atoms with E-state index in [4.69, 9.17) is 9.84 Å². The Labute approximate surface area is 157 Å². The van der Waals surface area contributed by atoms with E-state index in [1.165, 1.54) is 12.0 Å². The number of amides is 2. The van der Waals surface area contributed by atoms with Gasteiger partial charge < -0.3 is 25.0 Å². The van der Waals surface area contributed by atoms with Crippen LogP contribution >= 0.6 is 0 Å². The van der Waals surface area contributed by atoms with E-state index in [1.54, 1.807) is 17.0 Å². The third-order valence-corrected chi connectivity index (χ3v) is 4.88. The number of benzene rings is 1. The first-order valence-corrected chi connectivity index (χ1v) is 8.86. The van der Waals surface area contributed by atoms with Gasteiger partial charge in [-0.2, -0.15) is 0 Å². The molecule has 0 radical (unpaired) electrons. The van der Waals surface area contributed by atoms with Crippen molar-refractivity contribution in [2.24, 2.45) is 0 Å². The number of rotatable bonds is 6. The van der Waals surface area contributed by atoms with Crippen LogP contribution in [-0.2, 0) is 19.1 Å². The number of ether oxygens (including phenoxy) is 1. The van der Waals surface area contributed by atoms with Crippen LogP contribution in [0.2, 0.25) is 0 Å². The lowest BCUT2D eigenvalue weighted by Gasteiger charge is -2.21. The third kappa shape index (κ3) is 3.52. The van der Waals surface area contributed by atoms with Crippen molar-refractivity contribution < 1.29 is 24.2 Å². The molecule has 2 N–H and O–H groups in total. The van der Waals surface area contributed by atoms with E-state index >= 15 is 0 Å². The lowest BCUT2D eigenvalue weighted by molar-refractivity contribution is -0.136. The van der Waals surface area contributed by atoms with E-state index in [9.17, 15) is 14.4 Å². The van der Waals surface area contributed by atoms with Crippen molar-refractivity contribution >= 4 is 29.2 Å². The Morgan fingerprint density at radius 3 is 2.74 bits per heavy atom. The van der Waals surface area contributed by atoms with E-state index in [0.717, 1.165) is 17.7 Å². The molecule has 8 heteroatoms. The molecule has 3 rings (SSSR count). The molecule has 2 aliphatic heterocycles. The van der Waals surface area contributed by atoms with Gasteiger partial charge in [-0.1, -0.05) is 6.07 Å². The number of hydrogen-bond acceptors (Lipinski definition) is 6. The Bertz CT molecular complexity index is 818. The molecule has 27 heavy (non-hydrogen) atoms. The molecule has 0 aliphatic carbocycles. The number of nitrogens with zero attached hydrogens (tertiary/aromatic N) is 2. The Hall–Kier alpha value is -2.87. The molecular formula is C19H23N3O5. The Morgan fingerprint density at radius 2 is 2.11 bits per heavy atom. The number of methoxy groups -OCH3 is 1. The lowest BCUT2D eigenvalue weighted by Crippen LogP contribution is -2.31. The summed E-state index contributed by atoms with van der Waals surface area (Å²) in [6.07, 6.45) is 1.35. The monoisotopic (exact) mass is 373 g/mol. The summed E-state index contributed by atoms with van der Waals surface area (Å²) in [6, 6.07) is 5.47. The summed E-state index contributed by atoms with van der Waals surface area (Å²) in [7, 11) is 1.26. The molecule has 0 spiro atoms. The predicted molar refractivity (Wildman–Crippen MR) is 99.1 cm³/mol. The number of esters is 1. The summed E-state index contributed by atoms with van der Waals surface area (Å²) in [4.78, 5) is 40.0. The summed E-state index contributed by atoms with van der Waals surface area (Å²) in [5.74, 6) is -0.878. The SMILES string of the molecule is COC(=O)C1=C(Nc2cccc(N3CCCC3=O)c2C)C(=O)N(CCO)C1. The van der Waals surface area contributed by atoms with Crippen molar-refractivity contribution in [1.82, 2.24) is 4.90 Å².